The van der Waals surface area contributed by atoms with E-state index in [0.717, 1.165) is 31.5 Å². The first-order chi connectivity index (χ1) is 11.7. The molecule has 1 fully saturated rings. The van der Waals surface area contributed by atoms with E-state index in [0.29, 0.717) is 0 Å². The number of amides is 2. The number of carbonyl (C=O) groups is 1. The smallest absolute Gasteiger partial charge is 0.318 e. The van der Waals surface area contributed by atoms with Gasteiger partial charge in [-0.05, 0) is 43.7 Å². The first-order valence-electron chi connectivity index (χ1n) is 8.34. The third-order valence-corrected chi connectivity index (χ3v) is 5.32. The molecule has 0 unspecified atom stereocenters. The van der Waals surface area contributed by atoms with E-state index >= 15 is 0 Å². The van der Waals surface area contributed by atoms with Gasteiger partial charge in [0.05, 0.1) is 18.4 Å². The van der Waals surface area contributed by atoms with Crippen molar-refractivity contribution in [2.75, 3.05) is 12.8 Å². The molecule has 0 saturated carbocycles. The molecule has 1 aromatic carbocycles. The molecule has 2 atom stereocenters. The van der Waals surface area contributed by atoms with Gasteiger partial charge in [0, 0.05) is 30.4 Å². The molecule has 2 amide bonds. The Morgan fingerprint density at radius 3 is 2.88 bits per heavy atom. The number of likely N-dealkylation sites (tertiary alicyclic amines) is 1. The molecule has 1 aliphatic rings. The molecule has 2 heterocycles. The molecule has 5 nitrogen and oxygen atoms in total. The van der Waals surface area contributed by atoms with Gasteiger partial charge in [0.1, 0.15) is 0 Å². The van der Waals surface area contributed by atoms with Crippen molar-refractivity contribution < 1.29 is 4.79 Å². The summed E-state index contributed by atoms with van der Waals surface area (Å²) in [6, 6.07) is 8.64. The number of aromatic nitrogens is 2. The zero-order valence-corrected chi connectivity index (χ0v) is 15.0. The largest absolute Gasteiger partial charge is 0.335 e. The van der Waals surface area contributed by atoms with Crippen LogP contribution in [0.2, 0.25) is 0 Å². The van der Waals surface area contributed by atoms with E-state index in [9.17, 15) is 4.79 Å². The lowest BCUT2D eigenvalue weighted by atomic mass is 10.1. The van der Waals surface area contributed by atoms with Crippen molar-refractivity contribution in [1.82, 2.24) is 19.8 Å². The second-order valence-corrected chi connectivity index (χ2v) is 7.07. The minimum Gasteiger partial charge on any atom is -0.335 e. The number of benzene rings is 1. The topological polar surface area (TPSA) is 50.2 Å². The normalized spacial score (nSPS) is 18.6. The minimum atomic E-state index is 0.00269. The average molecular weight is 344 g/mol. The monoisotopic (exact) mass is 344 g/mol. The predicted molar refractivity (Wildman–Crippen MR) is 97.1 cm³/mol. The van der Waals surface area contributed by atoms with Crippen LogP contribution in [0.4, 0.5) is 4.79 Å². The molecule has 6 heteroatoms. The third kappa shape index (κ3) is 3.93. The summed E-state index contributed by atoms with van der Waals surface area (Å²) in [5.41, 5.74) is 1.13. The van der Waals surface area contributed by atoms with Crippen molar-refractivity contribution in [1.29, 1.82) is 0 Å². The van der Waals surface area contributed by atoms with E-state index in [1.165, 1.54) is 4.90 Å². The van der Waals surface area contributed by atoms with Gasteiger partial charge in [-0.3, -0.25) is 0 Å². The molecule has 0 spiro atoms. The van der Waals surface area contributed by atoms with Gasteiger partial charge in [0.15, 0.2) is 0 Å². The molecule has 0 radical (unpaired) electrons. The molecule has 128 valence electrons. The highest BCUT2D eigenvalue weighted by Crippen LogP contribution is 2.22. The number of hydrogen-bond donors (Lipinski definition) is 1. The van der Waals surface area contributed by atoms with Gasteiger partial charge in [-0.1, -0.05) is 12.1 Å². The first-order valence-corrected chi connectivity index (χ1v) is 9.56. The van der Waals surface area contributed by atoms with Crippen LogP contribution in [0.25, 0.3) is 0 Å². The zero-order valence-electron chi connectivity index (χ0n) is 14.2. The molecule has 0 bridgehead atoms. The summed E-state index contributed by atoms with van der Waals surface area (Å²) in [6.45, 7) is 3.67. The van der Waals surface area contributed by atoms with Crippen LogP contribution in [0, 0.1) is 0 Å². The minimum absolute atomic E-state index is 0.00269. The first kappa shape index (κ1) is 16.9. The lowest BCUT2D eigenvalue weighted by Crippen LogP contribution is -2.45. The van der Waals surface area contributed by atoms with Gasteiger partial charge in [-0.2, -0.15) is 0 Å². The number of imidazole rings is 1. The number of carbonyl (C=O) groups excluding carboxylic acids is 1. The van der Waals surface area contributed by atoms with Gasteiger partial charge in [0.2, 0.25) is 0 Å². The average Bonchev–Trinajstić information content (AvgIpc) is 3.27. The van der Waals surface area contributed by atoms with Crippen molar-refractivity contribution in [3.05, 3.63) is 48.5 Å². The Morgan fingerprint density at radius 2 is 2.21 bits per heavy atom. The molecule has 0 aliphatic carbocycles. The van der Waals surface area contributed by atoms with Gasteiger partial charge in [-0.15, -0.1) is 11.8 Å². The molecule has 1 aromatic heterocycles. The molecule has 1 saturated heterocycles. The standard InChI is InChI=1S/C18H24N4OS/c1-14(15-5-7-17(24-2)8-6-15)20-18(23)22-10-3-4-16(22)12-21-11-9-19-13-21/h5-9,11,13-14,16H,3-4,10,12H2,1-2H3,(H,20,23)/t14-,16-/m1/s1. The Bertz CT molecular complexity index is 656. The van der Waals surface area contributed by atoms with Crippen LogP contribution in [0.5, 0.6) is 0 Å². The van der Waals surface area contributed by atoms with Gasteiger partial charge in [0.25, 0.3) is 0 Å². The van der Waals surface area contributed by atoms with Crippen LogP contribution in [-0.2, 0) is 6.54 Å². The van der Waals surface area contributed by atoms with Crippen LogP contribution < -0.4 is 5.32 Å². The number of nitrogens with one attached hydrogen (secondary N) is 1. The highest BCUT2D eigenvalue weighted by atomic mass is 32.2. The number of urea groups is 1. The number of nitrogens with zero attached hydrogens (tertiary/aromatic N) is 3. The summed E-state index contributed by atoms with van der Waals surface area (Å²) in [6.07, 6.45) is 9.70. The second-order valence-electron chi connectivity index (χ2n) is 6.19. The van der Waals surface area contributed by atoms with E-state index in [-0.39, 0.29) is 18.1 Å². The molecule has 2 aromatic rings. The van der Waals surface area contributed by atoms with Crippen molar-refractivity contribution >= 4 is 17.8 Å². The maximum Gasteiger partial charge on any atom is 0.318 e. The number of rotatable bonds is 5. The van der Waals surface area contributed by atoms with Crippen LogP contribution in [0.3, 0.4) is 0 Å². The lowest BCUT2D eigenvalue weighted by molar-refractivity contribution is 0.184. The van der Waals surface area contributed by atoms with Gasteiger partial charge in [-0.25, -0.2) is 9.78 Å². The summed E-state index contributed by atoms with van der Waals surface area (Å²) in [4.78, 5) is 20.0. The van der Waals surface area contributed by atoms with E-state index < -0.39 is 0 Å². The van der Waals surface area contributed by atoms with Crippen molar-refractivity contribution in [2.24, 2.45) is 0 Å². The Kier molecular flexibility index (Phi) is 5.45. The predicted octanol–water partition coefficient (Wildman–Crippen LogP) is 3.54. The SMILES string of the molecule is CSc1ccc([C@@H](C)NC(=O)N2CCC[C@@H]2Cn2ccnc2)cc1. The summed E-state index contributed by atoms with van der Waals surface area (Å²) in [5.74, 6) is 0. The molecular formula is C18H24N4OS. The van der Waals surface area contributed by atoms with Crippen molar-refractivity contribution in [3.63, 3.8) is 0 Å². The molecular weight excluding hydrogens is 320 g/mol. The summed E-state index contributed by atoms with van der Waals surface area (Å²) in [7, 11) is 0. The summed E-state index contributed by atoms with van der Waals surface area (Å²) in [5, 5.41) is 3.14. The van der Waals surface area contributed by atoms with Crippen LogP contribution in [-0.4, -0.2) is 39.3 Å². The highest BCUT2D eigenvalue weighted by molar-refractivity contribution is 7.98. The Labute approximate surface area is 147 Å². The Morgan fingerprint density at radius 1 is 1.42 bits per heavy atom. The molecule has 24 heavy (non-hydrogen) atoms. The number of hydrogen-bond acceptors (Lipinski definition) is 3. The van der Waals surface area contributed by atoms with E-state index in [1.54, 1.807) is 18.0 Å². The molecule has 1 N–H and O–H groups in total. The fraction of sp³-hybridized carbons (Fsp3) is 0.444. The van der Waals surface area contributed by atoms with E-state index in [2.05, 4.69) is 40.8 Å². The second kappa shape index (κ2) is 7.75. The van der Waals surface area contributed by atoms with E-state index in [4.69, 9.17) is 0 Å². The lowest BCUT2D eigenvalue weighted by Gasteiger charge is -2.27. The third-order valence-electron chi connectivity index (χ3n) is 4.57. The quantitative estimate of drug-likeness (QED) is 0.844. The van der Waals surface area contributed by atoms with Gasteiger partial charge < -0.3 is 14.8 Å². The summed E-state index contributed by atoms with van der Waals surface area (Å²) >= 11 is 1.72. The molecule has 3 rings (SSSR count). The van der Waals surface area contributed by atoms with Gasteiger partial charge >= 0.3 is 6.03 Å². The van der Waals surface area contributed by atoms with Crippen molar-refractivity contribution in [2.45, 2.75) is 43.3 Å². The van der Waals surface area contributed by atoms with Crippen LogP contribution in [0.15, 0.2) is 47.9 Å². The maximum absolute atomic E-state index is 12.7. The number of thioether (sulfide) groups is 1. The fourth-order valence-electron chi connectivity index (χ4n) is 3.18. The van der Waals surface area contributed by atoms with Crippen LogP contribution >= 0.6 is 11.8 Å². The Balaban J connectivity index is 1.60. The van der Waals surface area contributed by atoms with Crippen molar-refractivity contribution in [3.8, 4) is 0 Å². The Hall–Kier alpha value is -1.95. The van der Waals surface area contributed by atoms with Crippen LogP contribution in [0.1, 0.15) is 31.4 Å². The summed E-state index contributed by atoms with van der Waals surface area (Å²) < 4.78 is 2.04. The maximum atomic E-state index is 12.7. The fourth-order valence-corrected chi connectivity index (χ4v) is 3.58. The molecule has 1 aliphatic heterocycles. The highest BCUT2D eigenvalue weighted by Gasteiger charge is 2.29. The van der Waals surface area contributed by atoms with E-state index in [1.807, 2.05) is 28.9 Å². The zero-order chi connectivity index (χ0) is 16.9.